The smallest absolute Gasteiger partial charge is 0.234 e. The van der Waals surface area contributed by atoms with Gasteiger partial charge in [0, 0.05) is 16.9 Å². The molecule has 0 saturated heterocycles. The van der Waals surface area contributed by atoms with E-state index in [2.05, 4.69) is 27.6 Å². The molecular formula is C27H28N4O3S. The second kappa shape index (κ2) is 10.7. The molecule has 0 aliphatic carbocycles. The predicted octanol–water partition coefficient (Wildman–Crippen LogP) is 5.61. The molecule has 1 aromatic heterocycles. The number of carbonyl (C=O) groups excluding carboxylic acids is 1. The number of anilines is 1. The number of thioether (sulfide) groups is 1. The number of amides is 1. The number of nitrogens with zero attached hydrogens (tertiary/aromatic N) is 3. The lowest BCUT2D eigenvalue weighted by Crippen LogP contribution is -2.16. The summed E-state index contributed by atoms with van der Waals surface area (Å²) in [5.74, 6) is 2.29. The molecule has 0 radical (unpaired) electrons. The number of hydrogen-bond acceptors (Lipinski definition) is 6. The van der Waals surface area contributed by atoms with Crippen molar-refractivity contribution >= 4 is 23.4 Å². The largest absolute Gasteiger partial charge is 0.497 e. The maximum Gasteiger partial charge on any atom is 0.234 e. The van der Waals surface area contributed by atoms with E-state index in [1.54, 1.807) is 14.2 Å². The summed E-state index contributed by atoms with van der Waals surface area (Å²) in [6, 6.07) is 19.4. The molecule has 0 fully saturated rings. The van der Waals surface area contributed by atoms with E-state index in [9.17, 15) is 4.79 Å². The molecule has 180 valence electrons. The van der Waals surface area contributed by atoms with Crippen LogP contribution < -0.4 is 14.8 Å². The molecule has 4 aromatic rings. The number of aryl methyl sites for hydroxylation is 3. The fraction of sp³-hybridized carbons (Fsp3) is 0.222. The third kappa shape index (κ3) is 5.49. The fourth-order valence-corrected chi connectivity index (χ4v) is 4.69. The second-order valence-corrected chi connectivity index (χ2v) is 9.12. The quantitative estimate of drug-likeness (QED) is 0.325. The molecule has 7 nitrogen and oxygen atoms in total. The average Bonchev–Trinajstić information content (AvgIpc) is 3.29. The van der Waals surface area contributed by atoms with Crippen LogP contribution in [-0.4, -0.2) is 40.6 Å². The Bertz CT molecular complexity index is 1310. The van der Waals surface area contributed by atoms with E-state index in [0.717, 1.165) is 39.6 Å². The minimum absolute atomic E-state index is 0.0969. The van der Waals surface area contributed by atoms with Crippen molar-refractivity contribution in [1.29, 1.82) is 0 Å². The van der Waals surface area contributed by atoms with Crippen LogP contribution in [0.15, 0.2) is 65.8 Å². The number of benzene rings is 3. The molecule has 8 heteroatoms. The summed E-state index contributed by atoms with van der Waals surface area (Å²) >= 11 is 1.34. The summed E-state index contributed by atoms with van der Waals surface area (Å²) in [6.07, 6.45) is 0. The van der Waals surface area contributed by atoms with Crippen molar-refractivity contribution in [3.63, 3.8) is 0 Å². The Kier molecular flexibility index (Phi) is 7.41. The number of carbonyl (C=O) groups is 1. The molecule has 0 bridgehead atoms. The van der Waals surface area contributed by atoms with Crippen LogP contribution in [0.3, 0.4) is 0 Å². The number of methoxy groups -OCH3 is 2. The molecule has 1 amide bonds. The van der Waals surface area contributed by atoms with Gasteiger partial charge in [-0.15, -0.1) is 10.2 Å². The molecule has 0 unspecified atom stereocenters. The van der Waals surface area contributed by atoms with Gasteiger partial charge in [-0.2, -0.15) is 0 Å². The first kappa shape index (κ1) is 24.3. The van der Waals surface area contributed by atoms with E-state index in [0.29, 0.717) is 11.0 Å². The van der Waals surface area contributed by atoms with Crippen LogP contribution in [0.1, 0.15) is 16.7 Å². The Hall–Kier alpha value is -3.78. The van der Waals surface area contributed by atoms with Crippen LogP contribution in [0.5, 0.6) is 11.5 Å². The summed E-state index contributed by atoms with van der Waals surface area (Å²) in [6.45, 7) is 6.06. The molecule has 35 heavy (non-hydrogen) atoms. The molecule has 0 aliphatic heterocycles. The zero-order chi connectivity index (χ0) is 24.9. The number of rotatable bonds is 8. The lowest BCUT2D eigenvalue weighted by atomic mass is 10.1. The van der Waals surface area contributed by atoms with Crippen molar-refractivity contribution in [2.45, 2.75) is 25.9 Å². The summed E-state index contributed by atoms with van der Waals surface area (Å²) in [5, 5.41) is 12.5. The lowest BCUT2D eigenvalue weighted by Gasteiger charge is -2.13. The Labute approximate surface area is 209 Å². The second-order valence-electron chi connectivity index (χ2n) is 8.18. The van der Waals surface area contributed by atoms with Crippen molar-refractivity contribution in [2.24, 2.45) is 0 Å². The number of nitrogens with one attached hydrogen (secondary N) is 1. The highest BCUT2D eigenvalue weighted by molar-refractivity contribution is 7.99. The molecule has 3 aromatic carbocycles. The van der Waals surface area contributed by atoms with Gasteiger partial charge in [0.05, 0.1) is 20.0 Å². The number of aromatic nitrogens is 3. The number of ether oxygens (including phenoxy) is 2. The van der Waals surface area contributed by atoms with Crippen molar-refractivity contribution < 1.29 is 14.3 Å². The van der Waals surface area contributed by atoms with Gasteiger partial charge in [-0.25, -0.2) is 0 Å². The first-order valence-electron chi connectivity index (χ1n) is 11.1. The average molecular weight is 489 g/mol. The predicted molar refractivity (Wildman–Crippen MR) is 140 cm³/mol. The van der Waals surface area contributed by atoms with Gasteiger partial charge in [0.15, 0.2) is 11.0 Å². The third-order valence-corrected chi connectivity index (χ3v) is 6.51. The fourth-order valence-electron chi connectivity index (χ4n) is 3.94. The lowest BCUT2D eigenvalue weighted by molar-refractivity contribution is -0.113. The van der Waals surface area contributed by atoms with Crippen LogP contribution in [0.4, 0.5) is 5.69 Å². The molecule has 0 spiro atoms. The third-order valence-electron chi connectivity index (χ3n) is 5.59. The van der Waals surface area contributed by atoms with Gasteiger partial charge in [0.25, 0.3) is 0 Å². The van der Waals surface area contributed by atoms with E-state index >= 15 is 0 Å². The van der Waals surface area contributed by atoms with E-state index in [-0.39, 0.29) is 11.7 Å². The maximum atomic E-state index is 12.8. The SMILES string of the molecule is COc1ccc(-c2nnc(SCC(=O)Nc3c(C)cc(C)cc3C)n2-c2ccc(OC)cc2)cc1. The summed E-state index contributed by atoms with van der Waals surface area (Å²) in [4.78, 5) is 12.8. The van der Waals surface area contributed by atoms with Crippen LogP contribution in [0.25, 0.3) is 17.1 Å². The summed E-state index contributed by atoms with van der Waals surface area (Å²) in [5.41, 5.74) is 5.88. The van der Waals surface area contributed by atoms with Crippen LogP contribution in [0, 0.1) is 20.8 Å². The van der Waals surface area contributed by atoms with Crippen molar-refractivity contribution in [3.05, 3.63) is 77.4 Å². The highest BCUT2D eigenvalue weighted by Crippen LogP contribution is 2.30. The van der Waals surface area contributed by atoms with Gasteiger partial charge < -0.3 is 14.8 Å². The molecular weight excluding hydrogens is 460 g/mol. The number of hydrogen-bond donors (Lipinski definition) is 1. The molecule has 0 aliphatic rings. The normalized spacial score (nSPS) is 10.8. The van der Waals surface area contributed by atoms with Crippen molar-refractivity contribution in [3.8, 4) is 28.6 Å². The van der Waals surface area contributed by atoms with E-state index in [1.165, 1.54) is 17.3 Å². The molecule has 4 rings (SSSR count). The Morgan fingerprint density at radius 2 is 1.46 bits per heavy atom. The van der Waals surface area contributed by atoms with E-state index in [4.69, 9.17) is 9.47 Å². The summed E-state index contributed by atoms with van der Waals surface area (Å²) in [7, 11) is 3.27. The zero-order valence-electron chi connectivity index (χ0n) is 20.5. The maximum absolute atomic E-state index is 12.8. The van der Waals surface area contributed by atoms with Gasteiger partial charge in [-0.1, -0.05) is 29.5 Å². The Balaban J connectivity index is 1.61. The van der Waals surface area contributed by atoms with Crippen LogP contribution >= 0.6 is 11.8 Å². The molecule has 0 atom stereocenters. The van der Waals surface area contributed by atoms with E-state index < -0.39 is 0 Å². The first-order valence-corrected chi connectivity index (χ1v) is 12.1. The van der Waals surface area contributed by atoms with Gasteiger partial charge in [0.1, 0.15) is 11.5 Å². The topological polar surface area (TPSA) is 78.3 Å². The Morgan fingerprint density at radius 3 is 2.03 bits per heavy atom. The molecule has 1 N–H and O–H groups in total. The van der Waals surface area contributed by atoms with Crippen LogP contribution in [-0.2, 0) is 4.79 Å². The van der Waals surface area contributed by atoms with Gasteiger partial charge in [-0.3, -0.25) is 9.36 Å². The zero-order valence-corrected chi connectivity index (χ0v) is 21.3. The van der Waals surface area contributed by atoms with Gasteiger partial charge in [-0.05, 0) is 80.4 Å². The first-order chi connectivity index (χ1) is 16.9. The highest BCUT2D eigenvalue weighted by atomic mass is 32.2. The monoisotopic (exact) mass is 488 g/mol. The summed E-state index contributed by atoms with van der Waals surface area (Å²) < 4.78 is 12.5. The van der Waals surface area contributed by atoms with Gasteiger partial charge in [0.2, 0.25) is 5.91 Å². The van der Waals surface area contributed by atoms with Crippen molar-refractivity contribution in [1.82, 2.24) is 14.8 Å². The highest BCUT2D eigenvalue weighted by Gasteiger charge is 2.18. The van der Waals surface area contributed by atoms with E-state index in [1.807, 2.05) is 73.9 Å². The minimum Gasteiger partial charge on any atom is -0.497 e. The molecule has 0 saturated carbocycles. The minimum atomic E-state index is -0.0969. The molecule has 1 heterocycles. The van der Waals surface area contributed by atoms with Crippen LogP contribution in [0.2, 0.25) is 0 Å². The Morgan fingerprint density at radius 1 is 0.886 bits per heavy atom. The van der Waals surface area contributed by atoms with Gasteiger partial charge >= 0.3 is 0 Å². The standard InChI is InChI=1S/C27H28N4O3S/c1-17-14-18(2)25(19(3)15-17)28-24(32)16-35-27-30-29-26(20-6-10-22(33-4)11-7-20)31(27)21-8-12-23(34-5)13-9-21/h6-15H,16H2,1-5H3,(H,28,32). The van der Waals surface area contributed by atoms with Crippen molar-refractivity contribution in [2.75, 3.05) is 25.3 Å².